The van der Waals surface area contributed by atoms with Gasteiger partial charge in [0.15, 0.2) is 11.0 Å². The number of nitrogens with one attached hydrogen (secondary N) is 1. The summed E-state index contributed by atoms with van der Waals surface area (Å²) in [5, 5.41) is 13.5. The maximum Gasteiger partial charge on any atom is 0.250 e. The predicted octanol–water partition coefficient (Wildman–Crippen LogP) is 5.85. The third kappa shape index (κ3) is 5.99. The van der Waals surface area contributed by atoms with E-state index in [1.54, 1.807) is 13.3 Å². The lowest BCUT2D eigenvalue weighted by atomic mass is 10.0. The number of benzene rings is 4. The molecule has 0 aliphatic heterocycles. The van der Waals surface area contributed by atoms with Crippen molar-refractivity contribution in [2.45, 2.75) is 5.16 Å². The molecule has 0 atom stereocenters. The molecule has 1 N–H and O–H groups in total. The van der Waals surface area contributed by atoms with Crippen molar-refractivity contribution >= 4 is 23.9 Å². The van der Waals surface area contributed by atoms with Gasteiger partial charge in [-0.05, 0) is 41.0 Å². The number of hydrogen-bond donors (Lipinski definition) is 1. The molecule has 0 saturated heterocycles. The van der Waals surface area contributed by atoms with Gasteiger partial charge in [0.25, 0.3) is 5.91 Å². The van der Waals surface area contributed by atoms with Crippen LogP contribution >= 0.6 is 11.8 Å². The molecule has 1 amide bonds. The number of amides is 1. The Labute approximate surface area is 225 Å². The van der Waals surface area contributed by atoms with E-state index in [0.717, 1.165) is 33.7 Å². The molecule has 5 rings (SSSR count). The van der Waals surface area contributed by atoms with Gasteiger partial charge in [-0.15, -0.1) is 10.2 Å². The molecule has 0 unspecified atom stereocenters. The Hall–Kier alpha value is -4.69. The van der Waals surface area contributed by atoms with E-state index in [1.807, 2.05) is 102 Å². The number of aromatic nitrogens is 3. The molecule has 1 heterocycles. The average molecular weight is 520 g/mol. The molecule has 7 nitrogen and oxygen atoms in total. The van der Waals surface area contributed by atoms with Gasteiger partial charge in [-0.1, -0.05) is 96.7 Å². The monoisotopic (exact) mass is 519 g/mol. The van der Waals surface area contributed by atoms with Gasteiger partial charge in [0.2, 0.25) is 0 Å². The second-order valence-electron chi connectivity index (χ2n) is 8.28. The van der Waals surface area contributed by atoms with Crippen molar-refractivity contribution in [3.63, 3.8) is 0 Å². The number of nitrogens with zero attached hydrogens (tertiary/aromatic N) is 4. The number of carbonyl (C=O) groups is 1. The van der Waals surface area contributed by atoms with Crippen molar-refractivity contribution in [3.05, 3.63) is 115 Å². The van der Waals surface area contributed by atoms with Crippen LogP contribution in [-0.4, -0.2) is 39.7 Å². The summed E-state index contributed by atoms with van der Waals surface area (Å²) in [5.41, 5.74) is 7.56. The quantitative estimate of drug-likeness (QED) is 0.150. The maximum absolute atomic E-state index is 12.5. The lowest BCUT2D eigenvalue weighted by Gasteiger charge is -2.11. The standard InChI is InChI=1S/C30H25N5O2S/c1-37-27-18-16-26(17-19-27)35-29(25-10-6-3-7-11-25)33-34-30(35)38-21-28(36)32-31-20-22-12-14-24(15-13-22)23-8-4-2-5-9-23/h2-20H,21H2,1H3,(H,32,36). The molecule has 0 fully saturated rings. The largest absolute Gasteiger partial charge is 0.497 e. The van der Waals surface area contributed by atoms with Gasteiger partial charge in [0.1, 0.15) is 5.75 Å². The first kappa shape index (κ1) is 25.0. The first-order valence-corrected chi connectivity index (χ1v) is 13.0. The summed E-state index contributed by atoms with van der Waals surface area (Å²) >= 11 is 1.29. The zero-order valence-electron chi connectivity index (χ0n) is 20.7. The zero-order valence-corrected chi connectivity index (χ0v) is 21.5. The topological polar surface area (TPSA) is 81.4 Å². The Morgan fingerprint density at radius 3 is 2.13 bits per heavy atom. The van der Waals surface area contributed by atoms with Gasteiger partial charge < -0.3 is 4.74 Å². The molecule has 0 spiro atoms. The number of hydrogen-bond acceptors (Lipinski definition) is 6. The minimum Gasteiger partial charge on any atom is -0.497 e. The fraction of sp³-hybridized carbons (Fsp3) is 0.0667. The van der Waals surface area contributed by atoms with E-state index in [1.165, 1.54) is 11.8 Å². The van der Waals surface area contributed by atoms with E-state index in [9.17, 15) is 4.79 Å². The minimum absolute atomic E-state index is 0.132. The molecule has 4 aromatic carbocycles. The average Bonchev–Trinajstić information content (AvgIpc) is 3.41. The predicted molar refractivity (Wildman–Crippen MR) is 152 cm³/mol. The van der Waals surface area contributed by atoms with Gasteiger partial charge >= 0.3 is 0 Å². The highest BCUT2D eigenvalue weighted by Gasteiger charge is 2.17. The fourth-order valence-corrected chi connectivity index (χ4v) is 4.58. The van der Waals surface area contributed by atoms with Crippen molar-refractivity contribution in [1.29, 1.82) is 0 Å². The van der Waals surface area contributed by atoms with Gasteiger partial charge in [-0.25, -0.2) is 5.43 Å². The molecule has 0 bridgehead atoms. The van der Waals surface area contributed by atoms with Crippen LogP contribution in [0.15, 0.2) is 119 Å². The second-order valence-corrected chi connectivity index (χ2v) is 9.22. The fourth-order valence-electron chi connectivity index (χ4n) is 3.84. The number of rotatable bonds is 9. The van der Waals surface area contributed by atoms with E-state index in [-0.39, 0.29) is 11.7 Å². The van der Waals surface area contributed by atoms with Gasteiger partial charge in [0, 0.05) is 11.3 Å². The first-order valence-electron chi connectivity index (χ1n) is 12.0. The highest BCUT2D eigenvalue weighted by molar-refractivity contribution is 7.99. The molecule has 38 heavy (non-hydrogen) atoms. The van der Waals surface area contributed by atoms with Crippen LogP contribution in [0.1, 0.15) is 5.56 Å². The smallest absolute Gasteiger partial charge is 0.250 e. The summed E-state index contributed by atoms with van der Waals surface area (Å²) < 4.78 is 7.23. The van der Waals surface area contributed by atoms with Crippen LogP contribution < -0.4 is 10.2 Å². The number of ether oxygens (including phenoxy) is 1. The van der Waals surface area contributed by atoms with E-state index in [0.29, 0.717) is 11.0 Å². The minimum atomic E-state index is -0.238. The van der Waals surface area contributed by atoms with Gasteiger partial charge in [-0.3, -0.25) is 9.36 Å². The molecular formula is C30H25N5O2S. The maximum atomic E-state index is 12.5. The van der Waals surface area contributed by atoms with Crippen LogP contribution in [0.5, 0.6) is 5.75 Å². The zero-order chi connectivity index (χ0) is 26.2. The van der Waals surface area contributed by atoms with Crippen molar-refractivity contribution < 1.29 is 9.53 Å². The van der Waals surface area contributed by atoms with Gasteiger partial charge in [0.05, 0.1) is 19.1 Å². The molecule has 0 aliphatic rings. The van der Waals surface area contributed by atoms with E-state index in [2.05, 4.69) is 32.9 Å². The van der Waals surface area contributed by atoms with E-state index < -0.39 is 0 Å². The third-order valence-electron chi connectivity index (χ3n) is 5.75. The van der Waals surface area contributed by atoms with Crippen molar-refractivity contribution in [3.8, 4) is 34.0 Å². The van der Waals surface area contributed by atoms with Crippen LogP contribution in [0, 0.1) is 0 Å². The molecule has 8 heteroatoms. The summed E-state index contributed by atoms with van der Waals surface area (Å²) in [4.78, 5) is 12.5. The molecular weight excluding hydrogens is 494 g/mol. The Balaban J connectivity index is 1.25. The summed E-state index contributed by atoms with van der Waals surface area (Å²) in [6.07, 6.45) is 1.63. The van der Waals surface area contributed by atoms with Crippen LogP contribution in [0.2, 0.25) is 0 Å². The summed E-state index contributed by atoms with van der Waals surface area (Å²) in [7, 11) is 1.63. The highest BCUT2D eigenvalue weighted by atomic mass is 32.2. The molecule has 188 valence electrons. The summed E-state index contributed by atoms with van der Waals surface area (Å²) in [6, 6.07) is 35.6. The van der Waals surface area contributed by atoms with Gasteiger partial charge in [-0.2, -0.15) is 5.10 Å². The number of methoxy groups -OCH3 is 1. The Morgan fingerprint density at radius 1 is 0.842 bits per heavy atom. The van der Waals surface area contributed by atoms with Crippen molar-refractivity contribution in [2.24, 2.45) is 5.10 Å². The lowest BCUT2D eigenvalue weighted by molar-refractivity contribution is -0.118. The SMILES string of the molecule is COc1ccc(-n2c(SCC(=O)NN=Cc3ccc(-c4ccccc4)cc3)nnc2-c2ccccc2)cc1. The Kier molecular flexibility index (Phi) is 7.91. The molecule has 0 aliphatic carbocycles. The van der Waals surface area contributed by atoms with Crippen LogP contribution in [0.4, 0.5) is 0 Å². The Bertz CT molecular complexity index is 1520. The van der Waals surface area contributed by atoms with Crippen molar-refractivity contribution in [2.75, 3.05) is 12.9 Å². The van der Waals surface area contributed by atoms with Crippen LogP contribution in [0.25, 0.3) is 28.2 Å². The van der Waals surface area contributed by atoms with Crippen LogP contribution in [-0.2, 0) is 4.79 Å². The number of thioether (sulfide) groups is 1. The third-order valence-corrected chi connectivity index (χ3v) is 6.68. The molecule has 5 aromatic rings. The molecule has 0 saturated carbocycles. The number of hydrazone groups is 1. The van der Waals surface area contributed by atoms with Crippen LogP contribution in [0.3, 0.4) is 0 Å². The molecule has 1 aromatic heterocycles. The number of carbonyl (C=O) groups excluding carboxylic acids is 1. The molecule has 0 radical (unpaired) electrons. The Morgan fingerprint density at radius 2 is 1.47 bits per heavy atom. The summed E-state index contributed by atoms with van der Waals surface area (Å²) in [5.74, 6) is 1.34. The normalized spacial score (nSPS) is 11.0. The second kappa shape index (κ2) is 12.0. The summed E-state index contributed by atoms with van der Waals surface area (Å²) in [6.45, 7) is 0. The van der Waals surface area contributed by atoms with E-state index in [4.69, 9.17) is 4.74 Å². The van der Waals surface area contributed by atoms with Crippen molar-refractivity contribution in [1.82, 2.24) is 20.2 Å². The van der Waals surface area contributed by atoms with E-state index >= 15 is 0 Å². The highest BCUT2D eigenvalue weighted by Crippen LogP contribution is 2.28. The first-order chi connectivity index (χ1) is 18.7. The lowest BCUT2D eigenvalue weighted by Crippen LogP contribution is -2.20.